The Bertz CT molecular complexity index is 749. The number of carbonyl (C=O) groups excluding carboxylic acids is 2. The van der Waals surface area contributed by atoms with Crippen molar-refractivity contribution in [2.24, 2.45) is 11.8 Å². The lowest BCUT2D eigenvalue weighted by molar-refractivity contribution is -0.134. The molecule has 1 saturated heterocycles. The summed E-state index contributed by atoms with van der Waals surface area (Å²) in [7, 11) is -3.58. The quantitative estimate of drug-likeness (QED) is 0.769. The molecule has 2 atom stereocenters. The summed E-state index contributed by atoms with van der Waals surface area (Å²) in [4.78, 5) is 25.5. The molecule has 7 heteroatoms. The van der Waals surface area contributed by atoms with E-state index in [1.54, 1.807) is 4.90 Å². The smallest absolute Gasteiger partial charge is 0.243 e. The highest BCUT2D eigenvalue weighted by atomic mass is 32.2. The van der Waals surface area contributed by atoms with Gasteiger partial charge in [-0.05, 0) is 31.4 Å². The number of benzene rings is 1. The third-order valence-electron chi connectivity index (χ3n) is 4.88. The highest BCUT2D eigenvalue weighted by Crippen LogP contribution is 2.39. The summed E-state index contributed by atoms with van der Waals surface area (Å²) in [5.41, 5.74) is 0.489. The summed E-state index contributed by atoms with van der Waals surface area (Å²) in [6.07, 6.45) is 0.944. The van der Waals surface area contributed by atoms with Gasteiger partial charge in [0.1, 0.15) is 0 Å². The van der Waals surface area contributed by atoms with Crippen molar-refractivity contribution in [3.05, 3.63) is 29.8 Å². The predicted molar refractivity (Wildman–Crippen MR) is 89.1 cm³/mol. The van der Waals surface area contributed by atoms with E-state index in [-0.39, 0.29) is 22.5 Å². The highest BCUT2D eigenvalue weighted by Gasteiger charge is 2.42. The molecular formula is C17H22N2O4S. The average Bonchev–Trinajstić information content (AvgIpc) is 3.31. The molecule has 2 fully saturated rings. The number of carbonyl (C=O) groups is 2. The van der Waals surface area contributed by atoms with Crippen LogP contribution in [0.4, 0.5) is 0 Å². The highest BCUT2D eigenvalue weighted by molar-refractivity contribution is 7.89. The summed E-state index contributed by atoms with van der Waals surface area (Å²) >= 11 is 0. The van der Waals surface area contributed by atoms with Gasteiger partial charge in [0.15, 0.2) is 5.78 Å². The van der Waals surface area contributed by atoms with E-state index in [4.69, 9.17) is 0 Å². The van der Waals surface area contributed by atoms with Crippen LogP contribution in [0.1, 0.15) is 30.6 Å². The first-order valence-corrected chi connectivity index (χ1v) is 9.64. The van der Waals surface area contributed by atoms with E-state index in [2.05, 4.69) is 6.92 Å². The fraction of sp³-hybridized carbons (Fsp3) is 0.529. The van der Waals surface area contributed by atoms with Gasteiger partial charge in [-0.25, -0.2) is 8.42 Å². The number of ketones is 1. The number of piperazine rings is 1. The van der Waals surface area contributed by atoms with Crippen molar-refractivity contribution in [1.82, 2.24) is 9.21 Å². The van der Waals surface area contributed by atoms with Crippen molar-refractivity contribution in [3.8, 4) is 0 Å². The predicted octanol–water partition coefficient (Wildman–Crippen LogP) is 1.38. The monoisotopic (exact) mass is 350 g/mol. The Hall–Kier alpha value is -1.73. The number of nitrogens with zero attached hydrogens (tertiary/aromatic N) is 2. The standard InChI is InChI=1S/C17H22N2O4S/c1-12-11-16(12)17(21)18-7-9-19(10-8-18)24(22,23)15-5-3-14(4-6-15)13(2)20/h3-6,12,16H,7-11H2,1-2H3/t12-,16-/m1/s1. The molecule has 1 aromatic rings. The molecule has 1 aromatic carbocycles. The second kappa shape index (κ2) is 6.29. The summed E-state index contributed by atoms with van der Waals surface area (Å²) in [5.74, 6) is 0.650. The Kier molecular flexibility index (Phi) is 4.48. The molecule has 1 aliphatic heterocycles. The third-order valence-corrected chi connectivity index (χ3v) is 6.79. The molecule has 24 heavy (non-hydrogen) atoms. The minimum atomic E-state index is -3.58. The second-order valence-electron chi connectivity index (χ2n) is 6.63. The van der Waals surface area contributed by atoms with Gasteiger partial charge >= 0.3 is 0 Å². The van der Waals surface area contributed by atoms with Crippen LogP contribution in [0.25, 0.3) is 0 Å². The van der Waals surface area contributed by atoms with Gasteiger partial charge in [0.05, 0.1) is 4.90 Å². The summed E-state index contributed by atoms with van der Waals surface area (Å²) in [6.45, 7) is 5.00. The van der Waals surface area contributed by atoms with Crippen LogP contribution in [0, 0.1) is 11.8 Å². The maximum absolute atomic E-state index is 12.7. The van der Waals surface area contributed by atoms with Crippen molar-refractivity contribution in [2.75, 3.05) is 26.2 Å². The van der Waals surface area contributed by atoms with E-state index < -0.39 is 10.0 Å². The van der Waals surface area contributed by atoms with Gasteiger partial charge in [-0.2, -0.15) is 4.31 Å². The second-order valence-corrected chi connectivity index (χ2v) is 8.57. The molecule has 1 saturated carbocycles. The molecule has 1 heterocycles. The molecular weight excluding hydrogens is 328 g/mol. The fourth-order valence-corrected chi connectivity index (χ4v) is 4.48. The van der Waals surface area contributed by atoms with E-state index in [1.165, 1.54) is 35.5 Å². The van der Waals surface area contributed by atoms with Crippen molar-refractivity contribution < 1.29 is 18.0 Å². The maximum Gasteiger partial charge on any atom is 0.243 e. The number of hydrogen-bond donors (Lipinski definition) is 0. The number of amides is 1. The molecule has 1 amide bonds. The third kappa shape index (κ3) is 3.23. The van der Waals surface area contributed by atoms with E-state index in [1.807, 2.05) is 0 Å². The first-order chi connectivity index (χ1) is 11.3. The first kappa shape index (κ1) is 17.1. The number of hydrogen-bond acceptors (Lipinski definition) is 4. The van der Waals surface area contributed by atoms with Crippen LogP contribution >= 0.6 is 0 Å². The Morgan fingerprint density at radius 2 is 1.58 bits per heavy atom. The molecule has 0 unspecified atom stereocenters. The number of rotatable bonds is 4. The maximum atomic E-state index is 12.7. The van der Waals surface area contributed by atoms with Crippen LogP contribution in [0.5, 0.6) is 0 Å². The molecule has 0 N–H and O–H groups in total. The van der Waals surface area contributed by atoms with Crippen LogP contribution < -0.4 is 0 Å². The summed E-state index contributed by atoms with van der Waals surface area (Å²) < 4.78 is 26.8. The van der Waals surface area contributed by atoms with E-state index in [9.17, 15) is 18.0 Å². The average molecular weight is 350 g/mol. The fourth-order valence-electron chi connectivity index (χ4n) is 3.06. The topological polar surface area (TPSA) is 74.8 Å². The molecule has 0 bridgehead atoms. The van der Waals surface area contributed by atoms with E-state index in [0.29, 0.717) is 37.7 Å². The lowest BCUT2D eigenvalue weighted by Crippen LogP contribution is -2.51. The van der Waals surface area contributed by atoms with Crippen LogP contribution in [-0.4, -0.2) is 55.5 Å². The van der Waals surface area contributed by atoms with Gasteiger partial charge in [-0.15, -0.1) is 0 Å². The SMILES string of the molecule is CC(=O)c1ccc(S(=O)(=O)N2CCN(C(=O)[C@@H]3C[C@H]3C)CC2)cc1. The van der Waals surface area contributed by atoms with E-state index in [0.717, 1.165) is 6.42 Å². The van der Waals surface area contributed by atoms with Gasteiger partial charge in [0, 0.05) is 37.7 Å². The minimum absolute atomic E-state index is 0.0969. The van der Waals surface area contributed by atoms with Gasteiger partial charge < -0.3 is 4.90 Å². The Morgan fingerprint density at radius 3 is 2.04 bits per heavy atom. The first-order valence-electron chi connectivity index (χ1n) is 8.20. The molecule has 3 rings (SSSR count). The van der Waals surface area contributed by atoms with Crippen LogP contribution in [-0.2, 0) is 14.8 Å². The summed E-state index contributed by atoms with van der Waals surface area (Å²) in [5, 5.41) is 0. The van der Waals surface area contributed by atoms with Gasteiger partial charge in [0.25, 0.3) is 0 Å². The van der Waals surface area contributed by atoms with Crippen LogP contribution in [0.15, 0.2) is 29.2 Å². The Morgan fingerprint density at radius 1 is 1.04 bits per heavy atom. The molecule has 130 valence electrons. The number of sulfonamides is 1. The lowest BCUT2D eigenvalue weighted by Gasteiger charge is -2.34. The van der Waals surface area contributed by atoms with Gasteiger partial charge in [0.2, 0.25) is 15.9 Å². The van der Waals surface area contributed by atoms with Crippen molar-refractivity contribution in [2.45, 2.75) is 25.2 Å². The van der Waals surface area contributed by atoms with Crippen molar-refractivity contribution in [1.29, 1.82) is 0 Å². The molecule has 2 aliphatic rings. The van der Waals surface area contributed by atoms with Crippen molar-refractivity contribution >= 4 is 21.7 Å². The van der Waals surface area contributed by atoms with Gasteiger partial charge in [-0.1, -0.05) is 19.1 Å². The van der Waals surface area contributed by atoms with Crippen LogP contribution in [0.3, 0.4) is 0 Å². The zero-order chi connectivity index (χ0) is 17.5. The largest absolute Gasteiger partial charge is 0.340 e. The van der Waals surface area contributed by atoms with E-state index >= 15 is 0 Å². The summed E-state index contributed by atoms with van der Waals surface area (Å²) in [6, 6.07) is 6.00. The molecule has 0 radical (unpaired) electrons. The number of Topliss-reactive ketones (excluding diaryl/α,β-unsaturated/α-hetero) is 1. The molecule has 6 nitrogen and oxygen atoms in total. The molecule has 1 aliphatic carbocycles. The molecule has 0 aromatic heterocycles. The molecule has 0 spiro atoms. The van der Waals surface area contributed by atoms with Crippen molar-refractivity contribution in [3.63, 3.8) is 0 Å². The van der Waals surface area contributed by atoms with Gasteiger partial charge in [-0.3, -0.25) is 9.59 Å². The Labute approximate surface area is 142 Å². The lowest BCUT2D eigenvalue weighted by atomic mass is 10.2. The minimum Gasteiger partial charge on any atom is -0.340 e. The van der Waals surface area contributed by atoms with Crippen LogP contribution in [0.2, 0.25) is 0 Å². The zero-order valence-electron chi connectivity index (χ0n) is 13.9. The zero-order valence-corrected chi connectivity index (χ0v) is 14.8. The Balaban J connectivity index is 1.66. The normalized spacial score (nSPS) is 24.7.